The maximum absolute atomic E-state index is 12.0. The van der Waals surface area contributed by atoms with Crippen LogP contribution in [0.25, 0.3) is 0 Å². The van der Waals surface area contributed by atoms with E-state index >= 15 is 0 Å². The molecule has 1 aliphatic rings. The van der Waals surface area contributed by atoms with Crippen molar-refractivity contribution in [2.45, 2.75) is 12.5 Å². The fourth-order valence-electron chi connectivity index (χ4n) is 2.05. The van der Waals surface area contributed by atoms with Crippen LogP contribution in [0.4, 0.5) is 0 Å². The first kappa shape index (κ1) is 15.7. The number of nitrogens with one attached hydrogen (secondary N) is 2. The highest BCUT2D eigenvalue weighted by Crippen LogP contribution is 2.12. The molecular weight excluding hydrogens is 312 g/mol. The number of ether oxygens (including phenoxy) is 1. The number of hydrogen-bond acceptors (Lipinski definition) is 5. The second kappa shape index (κ2) is 6.40. The van der Waals surface area contributed by atoms with Gasteiger partial charge in [0.05, 0.1) is 18.6 Å². The SMILES string of the molecule is COc1ccc(C(=O)NC(=S)N[C@H]2CCS(=O)(=O)C2)cc1. The van der Waals surface area contributed by atoms with Gasteiger partial charge in [0.15, 0.2) is 14.9 Å². The lowest BCUT2D eigenvalue weighted by molar-refractivity contribution is 0.0976. The fraction of sp³-hybridized carbons (Fsp3) is 0.385. The standard InChI is InChI=1S/C13H16N2O4S2/c1-19-11-4-2-9(3-5-11)12(16)15-13(20)14-10-6-7-21(17,18)8-10/h2-5,10H,6-8H2,1H3,(H2,14,15,16,20)/t10-/m0/s1. The minimum Gasteiger partial charge on any atom is -0.497 e. The lowest BCUT2D eigenvalue weighted by atomic mass is 10.2. The van der Waals surface area contributed by atoms with Crippen molar-refractivity contribution in [1.29, 1.82) is 0 Å². The van der Waals surface area contributed by atoms with Crippen molar-refractivity contribution in [3.05, 3.63) is 29.8 Å². The first-order valence-corrected chi connectivity index (χ1v) is 8.59. The molecule has 0 bridgehead atoms. The van der Waals surface area contributed by atoms with Crippen LogP contribution in [0, 0.1) is 0 Å². The molecule has 114 valence electrons. The van der Waals surface area contributed by atoms with Gasteiger partial charge in [-0.1, -0.05) is 0 Å². The first-order valence-electron chi connectivity index (χ1n) is 6.36. The second-order valence-electron chi connectivity index (χ2n) is 4.76. The zero-order valence-corrected chi connectivity index (χ0v) is 13.1. The Morgan fingerprint density at radius 2 is 2.00 bits per heavy atom. The minimum atomic E-state index is -2.98. The second-order valence-corrected chi connectivity index (χ2v) is 7.39. The van der Waals surface area contributed by atoms with Crippen LogP contribution in [-0.4, -0.2) is 44.1 Å². The number of amides is 1. The number of methoxy groups -OCH3 is 1. The molecule has 1 aromatic carbocycles. The van der Waals surface area contributed by atoms with Crippen molar-refractivity contribution >= 4 is 33.1 Å². The molecule has 0 spiro atoms. The molecule has 2 rings (SSSR count). The van der Waals surface area contributed by atoms with Gasteiger partial charge in [-0.15, -0.1) is 0 Å². The monoisotopic (exact) mass is 328 g/mol. The molecule has 1 fully saturated rings. The van der Waals surface area contributed by atoms with Crippen LogP contribution in [0.3, 0.4) is 0 Å². The van der Waals surface area contributed by atoms with Crippen molar-refractivity contribution in [3.63, 3.8) is 0 Å². The van der Waals surface area contributed by atoms with E-state index in [-0.39, 0.29) is 28.6 Å². The Morgan fingerprint density at radius 1 is 1.33 bits per heavy atom. The van der Waals surface area contributed by atoms with Crippen molar-refractivity contribution < 1.29 is 17.9 Å². The topological polar surface area (TPSA) is 84.5 Å². The smallest absolute Gasteiger partial charge is 0.257 e. The minimum absolute atomic E-state index is 0.0472. The van der Waals surface area contributed by atoms with Gasteiger partial charge >= 0.3 is 0 Å². The maximum Gasteiger partial charge on any atom is 0.257 e. The predicted octanol–water partition coefficient (Wildman–Crippen LogP) is 0.487. The molecule has 0 aliphatic carbocycles. The Bertz CT molecular complexity index is 641. The first-order chi connectivity index (χ1) is 9.89. The van der Waals surface area contributed by atoms with Crippen molar-refractivity contribution in [1.82, 2.24) is 10.6 Å². The van der Waals surface area contributed by atoms with Crippen LogP contribution in [0.1, 0.15) is 16.8 Å². The fourth-order valence-corrected chi connectivity index (χ4v) is 3.98. The molecule has 1 heterocycles. The Balaban J connectivity index is 1.88. The van der Waals surface area contributed by atoms with Crippen molar-refractivity contribution in [2.24, 2.45) is 0 Å². The molecule has 0 saturated carbocycles. The lowest BCUT2D eigenvalue weighted by Crippen LogP contribution is -2.44. The summed E-state index contributed by atoms with van der Waals surface area (Å²) in [5, 5.41) is 5.52. The third kappa shape index (κ3) is 4.40. The largest absolute Gasteiger partial charge is 0.497 e. The molecule has 6 nitrogen and oxygen atoms in total. The van der Waals surface area contributed by atoms with Gasteiger partial charge < -0.3 is 10.1 Å². The van der Waals surface area contributed by atoms with Crippen molar-refractivity contribution in [3.8, 4) is 5.75 Å². The van der Waals surface area contributed by atoms with Gasteiger partial charge in [0.25, 0.3) is 5.91 Å². The molecule has 8 heteroatoms. The summed E-state index contributed by atoms with van der Waals surface area (Å²) in [5.74, 6) is 0.505. The zero-order chi connectivity index (χ0) is 15.5. The number of carbonyl (C=O) groups is 1. The zero-order valence-electron chi connectivity index (χ0n) is 11.5. The average molecular weight is 328 g/mol. The molecule has 21 heavy (non-hydrogen) atoms. The molecule has 1 aromatic rings. The van der Waals surface area contributed by atoms with E-state index in [2.05, 4.69) is 10.6 Å². The Morgan fingerprint density at radius 3 is 2.52 bits per heavy atom. The van der Waals surface area contributed by atoms with Crippen LogP contribution >= 0.6 is 12.2 Å². The molecule has 1 amide bonds. The Labute approximate surface area is 128 Å². The molecule has 0 radical (unpaired) electrons. The summed E-state index contributed by atoms with van der Waals surface area (Å²) in [6.45, 7) is 0. The molecule has 1 aliphatic heterocycles. The van der Waals surface area contributed by atoms with E-state index in [4.69, 9.17) is 17.0 Å². The van der Waals surface area contributed by atoms with E-state index in [1.54, 1.807) is 31.4 Å². The number of rotatable bonds is 3. The highest BCUT2D eigenvalue weighted by molar-refractivity contribution is 7.91. The normalized spacial score (nSPS) is 19.8. The van der Waals surface area contributed by atoms with Gasteiger partial charge in [-0.25, -0.2) is 8.42 Å². The summed E-state index contributed by atoms with van der Waals surface area (Å²) in [4.78, 5) is 12.0. The summed E-state index contributed by atoms with van der Waals surface area (Å²) in [6, 6.07) is 6.36. The summed E-state index contributed by atoms with van der Waals surface area (Å²) in [5.41, 5.74) is 0.444. The van der Waals surface area contributed by atoms with Gasteiger partial charge in [-0.3, -0.25) is 10.1 Å². The third-order valence-electron chi connectivity index (χ3n) is 3.15. The summed E-state index contributed by atoms with van der Waals surface area (Å²) >= 11 is 5.03. The van der Waals surface area contributed by atoms with E-state index in [0.29, 0.717) is 17.7 Å². The number of hydrogen-bond donors (Lipinski definition) is 2. The number of sulfone groups is 1. The van der Waals surface area contributed by atoms with Crippen LogP contribution in [-0.2, 0) is 9.84 Å². The lowest BCUT2D eigenvalue weighted by Gasteiger charge is -2.14. The molecule has 0 unspecified atom stereocenters. The molecular formula is C13H16N2O4S2. The van der Waals surface area contributed by atoms with E-state index in [0.717, 1.165) is 0 Å². The van der Waals surface area contributed by atoms with Crippen LogP contribution < -0.4 is 15.4 Å². The summed E-state index contributed by atoms with van der Waals surface area (Å²) < 4.78 is 27.7. The van der Waals surface area contributed by atoms with Gasteiger partial charge in [-0.05, 0) is 42.9 Å². The summed E-state index contributed by atoms with van der Waals surface area (Å²) in [7, 11) is -1.43. The van der Waals surface area contributed by atoms with E-state index in [9.17, 15) is 13.2 Å². The highest BCUT2D eigenvalue weighted by atomic mass is 32.2. The van der Waals surface area contributed by atoms with Gasteiger partial charge in [0.1, 0.15) is 5.75 Å². The van der Waals surface area contributed by atoms with Gasteiger partial charge in [-0.2, -0.15) is 0 Å². The van der Waals surface area contributed by atoms with Crippen LogP contribution in [0.5, 0.6) is 5.75 Å². The van der Waals surface area contributed by atoms with E-state index in [1.807, 2.05) is 0 Å². The average Bonchev–Trinajstić information content (AvgIpc) is 2.77. The quantitative estimate of drug-likeness (QED) is 0.786. The van der Waals surface area contributed by atoms with Gasteiger partial charge in [0.2, 0.25) is 0 Å². The Kier molecular flexibility index (Phi) is 4.79. The highest BCUT2D eigenvalue weighted by Gasteiger charge is 2.28. The van der Waals surface area contributed by atoms with Gasteiger partial charge in [0, 0.05) is 11.6 Å². The third-order valence-corrected chi connectivity index (χ3v) is 5.13. The predicted molar refractivity (Wildman–Crippen MR) is 83.3 cm³/mol. The maximum atomic E-state index is 12.0. The molecule has 1 atom stereocenters. The van der Waals surface area contributed by atoms with Crippen LogP contribution in [0.15, 0.2) is 24.3 Å². The Hall–Kier alpha value is -1.67. The number of carbonyl (C=O) groups excluding carboxylic acids is 1. The molecule has 1 saturated heterocycles. The van der Waals surface area contributed by atoms with E-state index < -0.39 is 9.84 Å². The number of thiocarbonyl (C=S) groups is 1. The number of benzene rings is 1. The molecule has 0 aromatic heterocycles. The van der Waals surface area contributed by atoms with Crippen LogP contribution in [0.2, 0.25) is 0 Å². The van der Waals surface area contributed by atoms with E-state index in [1.165, 1.54) is 0 Å². The van der Waals surface area contributed by atoms with Crippen molar-refractivity contribution in [2.75, 3.05) is 18.6 Å². The summed E-state index contributed by atoms with van der Waals surface area (Å²) in [6.07, 6.45) is 0.501. The molecule has 2 N–H and O–H groups in total.